The van der Waals surface area contributed by atoms with Gasteiger partial charge in [-0.25, -0.2) is 9.79 Å². The van der Waals surface area contributed by atoms with Crippen molar-refractivity contribution in [2.75, 3.05) is 35.5 Å². The van der Waals surface area contributed by atoms with Gasteiger partial charge in [0.2, 0.25) is 11.6 Å². The molecule has 8 nitrogen and oxygen atoms in total. The third kappa shape index (κ3) is 4.11. The van der Waals surface area contributed by atoms with Gasteiger partial charge >= 0.3 is 5.97 Å². The molecule has 0 N–H and O–H groups in total. The third-order valence-electron chi connectivity index (χ3n) is 4.21. The van der Waals surface area contributed by atoms with E-state index in [-0.39, 0.29) is 11.6 Å². The first-order valence-electron chi connectivity index (χ1n) is 8.59. The normalized spacial score (nSPS) is 14.3. The molecule has 2 aromatic rings. The number of hydrogen-bond donors (Lipinski definition) is 0. The molecule has 29 heavy (non-hydrogen) atoms. The van der Waals surface area contributed by atoms with Crippen molar-refractivity contribution in [2.45, 2.75) is 0 Å². The Bertz CT molecular complexity index is 947. The summed E-state index contributed by atoms with van der Waals surface area (Å²) in [6, 6.07) is 8.55. The summed E-state index contributed by atoms with van der Waals surface area (Å²) in [5, 5.41) is 0. The standard InChI is InChI=1S/C21H21NO7/c1-24-14-9-13(10-15(11-14)25-2)20-22-16(21(23)29-20)6-12-7-17(26-3)19(28-5)18(8-12)27-4/h6-11H,1-5H3/b16-6-. The highest BCUT2D eigenvalue weighted by atomic mass is 16.6. The van der Waals surface area contributed by atoms with Crippen molar-refractivity contribution in [1.29, 1.82) is 0 Å². The number of carbonyl (C=O) groups excluding carboxylic acids is 1. The van der Waals surface area contributed by atoms with Gasteiger partial charge in [-0.1, -0.05) is 0 Å². The molecule has 0 radical (unpaired) electrons. The van der Waals surface area contributed by atoms with Crippen molar-refractivity contribution in [3.8, 4) is 28.7 Å². The Morgan fingerprint density at radius 1 is 0.793 bits per heavy atom. The number of hydrogen-bond acceptors (Lipinski definition) is 8. The van der Waals surface area contributed by atoms with Gasteiger partial charge in [0.05, 0.1) is 35.5 Å². The number of rotatable bonds is 7. The molecule has 1 heterocycles. The van der Waals surface area contributed by atoms with E-state index in [0.29, 0.717) is 39.9 Å². The lowest BCUT2D eigenvalue weighted by Crippen LogP contribution is -2.06. The lowest BCUT2D eigenvalue weighted by molar-refractivity contribution is -0.129. The van der Waals surface area contributed by atoms with Crippen LogP contribution in [-0.2, 0) is 9.53 Å². The van der Waals surface area contributed by atoms with Gasteiger partial charge in [-0.2, -0.15) is 0 Å². The number of nitrogens with zero attached hydrogens (tertiary/aromatic N) is 1. The maximum atomic E-state index is 12.3. The summed E-state index contributed by atoms with van der Waals surface area (Å²) < 4.78 is 31.8. The highest BCUT2D eigenvalue weighted by molar-refractivity contribution is 6.13. The first-order valence-corrected chi connectivity index (χ1v) is 8.59. The van der Waals surface area contributed by atoms with Crippen molar-refractivity contribution in [3.05, 3.63) is 47.2 Å². The van der Waals surface area contributed by atoms with Crippen molar-refractivity contribution >= 4 is 17.9 Å². The number of methoxy groups -OCH3 is 5. The van der Waals surface area contributed by atoms with E-state index in [1.54, 1.807) is 36.4 Å². The zero-order chi connectivity index (χ0) is 21.0. The highest BCUT2D eigenvalue weighted by Gasteiger charge is 2.25. The molecule has 0 amide bonds. The van der Waals surface area contributed by atoms with Crippen molar-refractivity contribution < 1.29 is 33.2 Å². The summed E-state index contributed by atoms with van der Waals surface area (Å²) in [4.78, 5) is 16.7. The fourth-order valence-corrected chi connectivity index (χ4v) is 2.81. The van der Waals surface area contributed by atoms with Crippen molar-refractivity contribution in [1.82, 2.24) is 0 Å². The van der Waals surface area contributed by atoms with Crippen LogP contribution >= 0.6 is 0 Å². The molecule has 0 spiro atoms. The van der Waals surface area contributed by atoms with Gasteiger partial charge in [0.25, 0.3) is 0 Å². The average Bonchev–Trinajstić information content (AvgIpc) is 3.12. The molecule has 8 heteroatoms. The van der Waals surface area contributed by atoms with E-state index in [1.807, 2.05) is 0 Å². The second-order valence-corrected chi connectivity index (χ2v) is 5.90. The number of benzene rings is 2. The van der Waals surface area contributed by atoms with Gasteiger partial charge < -0.3 is 28.4 Å². The van der Waals surface area contributed by atoms with Gasteiger partial charge in [-0.3, -0.25) is 0 Å². The minimum Gasteiger partial charge on any atom is -0.497 e. The van der Waals surface area contributed by atoms with Crippen LogP contribution in [0.5, 0.6) is 28.7 Å². The van der Waals surface area contributed by atoms with Crippen LogP contribution in [0.3, 0.4) is 0 Å². The van der Waals surface area contributed by atoms with E-state index in [4.69, 9.17) is 28.4 Å². The minimum absolute atomic E-state index is 0.135. The lowest BCUT2D eigenvalue weighted by atomic mass is 10.1. The number of esters is 1. The average molecular weight is 399 g/mol. The maximum absolute atomic E-state index is 12.3. The predicted octanol–water partition coefficient (Wildman–Crippen LogP) is 3.07. The Labute approximate surface area is 168 Å². The molecule has 0 fully saturated rings. The number of ether oxygens (including phenoxy) is 6. The third-order valence-corrected chi connectivity index (χ3v) is 4.21. The summed E-state index contributed by atoms with van der Waals surface area (Å²) >= 11 is 0. The molecular formula is C21H21NO7. The van der Waals surface area contributed by atoms with Crippen molar-refractivity contribution in [3.63, 3.8) is 0 Å². The molecule has 0 aliphatic carbocycles. The van der Waals surface area contributed by atoms with E-state index in [2.05, 4.69) is 4.99 Å². The van der Waals surface area contributed by atoms with Crippen LogP contribution < -0.4 is 23.7 Å². The van der Waals surface area contributed by atoms with Crippen LogP contribution in [0.15, 0.2) is 41.0 Å². The molecule has 152 valence electrons. The Morgan fingerprint density at radius 2 is 1.38 bits per heavy atom. The van der Waals surface area contributed by atoms with E-state index < -0.39 is 5.97 Å². The second kappa shape index (κ2) is 8.55. The molecule has 0 saturated heterocycles. The largest absolute Gasteiger partial charge is 0.497 e. The molecule has 0 bridgehead atoms. The first kappa shape index (κ1) is 20.1. The summed E-state index contributed by atoms with van der Waals surface area (Å²) in [6.07, 6.45) is 1.58. The van der Waals surface area contributed by atoms with Crippen LogP contribution in [0.4, 0.5) is 0 Å². The van der Waals surface area contributed by atoms with Gasteiger partial charge in [0, 0.05) is 11.6 Å². The molecule has 0 atom stereocenters. The van der Waals surface area contributed by atoms with E-state index in [0.717, 1.165) is 0 Å². The quantitative estimate of drug-likeness (QED) is 0.522. The van der Waals surface area contributed by atoms with Gasteiger partial charge in [-0.05, 0) is 35.9 Å². The second-order valence-electron chi connectivity index (χ2n) is 5.90. The van der Waals surface area contributed by atoms with Gasteiger partial charge in [-0.15, -0.1) is 0 Å². The van der Waals surface area contributed by atoms with Crippen LogP contribution in [0.25, 0.3) is 6.08 Å². The van der Waals surface area contributed by atoms with Gasteiger partial charge in [0.15, 0.2) is 17.2 Å². The monoisotopic (exact) mass is 399 g/mol. The zero-order valence-electron chi connectivity index (χ0n) is 16.8. The Kier molecular flexibility index (Phi) is 5.92. The smallest absolute Gasteiger partial charge is 0.363 e. The maximum Gasteiger partial charge on any atom is 0.363 e. The SMILES string of the molecule is COc1cc(OC)cc(C2=N/C(=C\c3cc(OC)c(OC)c(OC)c3)C(=O)O2)c1. The first-order chi connectivity index (χ1) is 14.0. The van der Waals surface area contributed by atoms with Crippen LogP contribution in [-0.4, -0.2) is 47.4 Å². The number of carbonyl (C=O) groups is 1. The molecule has 1 aliphatic heterocycles. The van der Waals surface area contributed by atoms with Crippen molar-refractivity contribution in [2.24, 2.45) is 4.99 Å². The predicted molar refractivity (Wildman–Crippen MR) is 106 cm³/mol. The molecule has 0 aromatic heterocycles. The van der Waals surface area contributed by atoms with Crippen LogP contribution in [0.1, 0.15) is 11.1 Å². The number of cyclic esters (lactones) is 1. The molecule has 1 aliphatic rings. The Morgan fingerprint density at radius 3 is 1.86 bits per heavy atom. The molecule has 2 aromatic carbocycles. The fourth-order valence-electron chi connectivity index (χ4n) is 2.81. The summed E-state index contributed by atoms with van der Waals surface area (Å²) in [5.74, 6) is 2.08. The molecule has 3 rings (SSSR count). The van der Waals surface area contributed by atoms with Gasteiger partial charge in [0.1, 0.15) is 11.5 Å². The fraction of sp³-hybridized carbons (Fsp3) is 0.238. The zero-order valence-corrected chi connectivity index (χ0v) is 16.8. The summed E-state index contributed by atoms with van der Waals surface area (Å²) in [7, 11) is 7.63. The Hall–Kier alpha value is -3.68. The molecular weight excluding hydrogens is 378 g/mol. The molecule has 0 unspecified atom stereocenters. The summed E-state index contributed by atoms with van der Waals surface area (Å²) in [6.45, 7) is 0. The van der Waals surface area contributed by atoms with E-state index in [1.165, 1.54) is 35.5 Å². The van der Waals surface area contributed by atoms with E-state index >= 15 is 0 Å². The Balaban J connectivity index is 2.01. The van der Waals surface area contributed by atoms with Crippen LogP contribution in [0, 0.1) is 0 Å². The lowest BCUT2D eigenvalue weighted by Gasteiger charge is -2.12. The summed E-state index contributed by atoms with van der Waals surface area (Å²) in [5.41, 5.74) is 1.33. The van der Waals surface area contributed by atoms with Crippen LogP contribution in [0.2, 0.25) is 0 Å². The van der Waals surface area contributed by atoms with E-state index in [9.17, 15) is 4.79 Å². The number of aliphatic imine (C=N–C) groups is 1. The molecule has 0 saturated carbocycles. The topological polar surface area (TPSA) is 84.8 Å². The highest BCUT2D eigenvalue weighted by Crippen LogP contribution is 2.39. The minimum atomic E-state index is -0.574.